The molecule has 2 nitrogen and oxygen atoms in total. The Hall–Kier alpha value is -2.87. The predicted molar refractivity (Wildman–Crippen MR) is 101 cm³/mol. The topological polar surface area (TPSA) is 37.3 Å². The maximum Gasteiger partial charge on any atom is 0.318 e. The van der Waals surface area contributed by atoms with Crippen molar-refractivity contribution in [3.05, 3.63) is 107 Å². The molecule has 0 atom stereocenters. The molecule has 126 valence electrons. The fourth-order valence-electron chi connectivity index (χ4n) is 3.42. The molecule has 3 aromatic rings. The average molecular weight is 330 g/mol. The van der Waals surface area contributed by atoms with Crippen molar-refractivity contribution in [3.8, 4) is 0 Å². The van der Waals surface area contributed by atoms with Crippen LogP contribution < -0.4 is 0 Å². The van der Waals surface area contributed by atoms with Crippen LogP contribution in [0.1, 0.15) is 27.8 Å². The smallest absolute Gasteiger partial charge is 0.318 e. The quantitative estimate of drug-likeness (QED) is 0.721. The van der Waals surface area contributed by atoms with E-state index in [1.54, 1.807) is 0 Å². The SMILES string of the molecule is Cc1cccc(C(Cc2ccccc2)(C(=O)O)c2cccc(C)c2)c1. The number of benzene rings is 3. The van der Waals surface area contributed by atoms with Crippen molar-refractivity contribution in [3.63, 3.8) is 0 Å². The molecule has 2 heteroatoms. The molecule has 0 fully saturated rings. The van der Waals surface area contributed by atoms with Crippen LogP contribution >= 0.6 is 0 Å². The van der Waals surface area contributed by atoms with Crippen LogP contribution in [0.2, 0.25) is 0 Å². The average Bonchev–Trinajstić information content (AvgIpc) is 2.60. The summed E-state index contributed by atoms with van der Waals surface area (Å²) in [6, 6.07) is 25.5. The Bertz CT molecular complexity index is 836. The monoisotopic (exact) mass is 330 g/mol. The lowest BCUT2D eigenvalue weighted by atomic mass is 9.70. The minimum absolute atomic E-state index is 0.413. The third-order valence-corrected chi connectivity index (χ3v) is 4.70. The van der Waals surface area contributed by atoms with Crippen LogP contribution in [0.25, 0.3) is 0 Å². The van der Waals surface area contributed by atoms with Crippen LogP contribution in [0.5, 0.6) is 0 Å². The molecule has 0 aliphatic rings. The van der Waals surface area contributed by atoms with Crippen molar-refractivity contribution in [2.45, 2.75) is 25.7 Å². The van der Waals surface area contributed by atoms with Crippen LogP contribution in [-0.4, -0.2) is 11.1 Å². The molecule has 0 aliphatic carbocycles. The van der Waals surface area contributed by atoms with E-state index < -0.39 is 11.4 Å². The number of carbonyl (C=O) groups is 1. The van der Waals surface area contributed by atoms with Gasteiger partial charge in [-0.2, -0.15) is 0 Å². The van der Waals surface area contributed by atoms with Crippen molar-refractivity contribution in [2.24, 2.45) is 0 Å². The highest BCUT2D eigenvalue weighted by Gasteiger charge is 2.42. The maximum atomic E-state index is 12.6. The Balaban J connectivity index is 2.26. The summed E-state index contributed by atoms with van der Waals surface area (Å²) in [4.78, 5) is 12.6. The molecular weight excluding hydrogens is 308 g/mol. The molecular formula is C23H22O2. The summed E-state index contributed by atoms with van der Waals surface area (Å²) in [7, 11) is 0. The molecule has 3 aromatic carbocycles. The highest BCUT2D eigenvalue weighted by Crippen LogP contribution is 2.37. The van der Waals surface area contributed by atoms with Crippen molar-refractivity contribution in [1.29, 1.82) is 0 Å². The van der Waals surface area contributed by atoms with E-state index >= 15 is 0 Å². The lowest BCUT2D eigenvalue weighted by Gasteiger charge is -2.31. The first-order valence-electron chi connectivity index (χ1n) is 8.44. The lowest BCUT2D eigenvalue weighted by molar-refractivity contribution is -0.142. The fraction of sp³-hybridized carbons (Fsp3) is 0.174. The van der Waals surface area contributed by atoms with Crippen molar-refractivity contribution in [1.82, 2.24) is 0 Å². The van der Waals surface area contributed by atoms with Gasteiger partial charge >= 0.3 is 5.97 Å². The van der Waals surface area contributed by atoms with Gasteiger partial charge in [0.25, 0.3) is 0 Å². The Morgan fingerprint density at radius 2 is 1.32 bits per heavy atom. The van der Waals surface area contributed by atoms with Crippen molar-refractivity contribution < 1.29 is 9.90 Å². The molecule has 0 amide bonds. The van der Waals surface area contributed by atoms with E-state index in [9.17, 15) is 9.90 Å². The summed E-state index contributed by atoms with van der Waals surface area (Å²) in [6.45, 7) is 3.99. The van der Waals surface area contributed by atoms with Gasteiger partial charge in [0.2, 0.25) is 0 Å². The first kappa shape index (κ1) is 17.0. The highest BCUT2D eigenvalue weighted by molar-refractivity contribution is 5.86. The van der Waals surface area contributed by atoms with Crippen LogP contribution in [0.15, 0.2) is 78.9 Å². The summed E-state index contributed by atoms with van der Waals surface area (Å²) in [5, 5.41) is 10.4. The molecule has 0 heterocycles. The van der Waals surface area contributed by atoms with Gasteiger partial charge in [-0.05, 0) is 37.0 Å². The van der Waals surface area contributed by atoms with E-state index in [4.69, 9.17) is 0 Å². The first-order valence-corrected chi connectivity index (χ1v) is 8.44. The number of aryl methyl sites for hydroxylation is 2. The molecule has 0 radical (unpaired) electrons. The number of aliphatic carboxylic acids is 1. The number of hydrogen-bond donors (Lipinski definition) is 1. The normalized spacial score (nSPS) is 11.3. The largest absolute Gasteiger partial charge is 0.480 e. The van der Waals surface area contributed by atoms with Crippen LogP contribution in [-0.2, 0) is 16.6 Å². The Morgan fingerprint density at radius 1 is 0.800 bits per heavy atom. The fourth-order valence-corrected chi connectivity index (χ4v) is 3.42. The summed E-state index contributed by atoms with van der Waals surface area (Å²) >= 11 is 0. The Kier molecular flexibility index (Phi) is 4.71. The van der Waals surface area contributed by atoms with Gasteiger partial charge in [-0.3, -0.25) is 4.79 Å². The Labute approximate surface area is 148 Å². The number of carboxylic acid groups (broad SMARTS) is 1. The highest BCUT2D eigenvalue weighted by atomic mass is 16.4. The summed E-state index contributed by atoms with van der Waals surface area (Å²) < 4.78 is 0. The zero-order valence-electron chi connectivity index (χ0n) is 14.6. The maximum absolute atomic E-state index is 12.6. The lowest BCUT2D eigenvalue weighted by Crippen LogP contribution is -2.39. The van der Waals surface area contributed by atoms with Gasteiger partial charge in [-0.15, -0.1) is 0 Å². The van der Waals surface area contributed by atoms with Gasteiger partial charge in [-0.25, -0.2) is 0 Å². The van der Waals surface area contributed by atoms with Crippen LogP contribution in [0.4, 0.5) is 0 Å². The first-order chi connectivity index (χ1) is 12.0. The molecule has 0 aromatic heterocycles. The zero-order chi connectivity index (χ0) is 17.9. The third kappa shape index (κ3) is 3.34. The molecule has 0 aliphatic heterocycles. The zero-order valence-corrected chi connectivity index (χ0v) is 14.6. The summed E-state index contributed by atoms with van der Waals surface area (Å²) in [6.07, 6.45) is 0.413. The van der Waals surface area contributed by atoms with Crippen molar-refractivity contribution in [2.75, 3.05) is 0 Å². The molecule has 25 heavy (non-hydrogen) atoms. The van der Waals surface area contributed by atoms with Gasteiger partial charge in [0, 0.05) is 0 Å². The van der Waals surface area contributed by atoms with E-state index in [1.807, 2.05) is 92.7 Å². The molecule has 1 N–H and O–H groups in total. The van der Waals surface area contributed by atoms with E-state index in [0.29, 0.717) is 6.42 Å². The van der Waals surface area contributed by atoms with Gasteiger partial charge in [0.05, 0.1) is 0 Å². The summed E-state index contributed by atoms with van der Waals surface area (Å²) in [5.74, 6) is -0.826. The second-order valence-electron chi connectivity index (χ2n) is 6.61. The van der Waals surface area contributed by atoms with Crippen molar-refractivity contribution >= 4 is 5.97 Å². The Morgan fingerprint density at radius 3 is 1.76 bits per heavy atom. The molecule has 0 unspecified atom stereocenters. The number of rotatable bonds is 5. The second-order valence-corrected chi connectivity index (χ2v) is 6.61. The van der Waals surface area contributed by atoms with E-state index in [-0.39, 0.29) is 0 Å². The standard InChI is InChI=1S/C23H22O2/c1-17-8-6-12-20(14-17)23(22(24)25,16-19-10-4-3-5-11-19)21-13-7-9-18(2)15-21/h3-15H,16H2,1-2H3,(H,24,25). The second kappa shape index (κ2) is 6.94. The molecule has 0 bridgehead atoms. The van der Waals surface area contributed by atoms with E-state index in [0.717, 1.165) is 27.8 Å². The predicted octanol–water partition coefficient (Wildman–Crippen LogP) is 4.92. The summed E-state index contributed by atoms with van der Waals surface area (Å²) in [5.41, 5.74) is 3.64. The third-order valence-electron chi connectivity index (χ3n) is 4.70. The molecule has 0 spiro atoms. The van der Waals surface area contributed by atoms with E-state index in [2.05, 4.69) is 0 Å². The number of hydrogen-bond acceptors (Lipinski definition) is 1. The van der Waals surface area contributed by atoms with Gasteiger partial charge in [-0.1, -0.05) is 90.0 Å². The van der Waals surface area contributed by atoms with Crippen LogP contribution in [0.3, 0.4) is 0 Å². The minimum atomic E-state index is -1.11. The van der Waals surface area contributed by atoms with Gasteiger partial charge in [0.1, 0.15) is 5.41 Å². The molecule has 3 rings (SSSR count). The van der Waals surface area contributed by atoms with Crippen LogP contribution in [0, 0.1) is 13.8 Å². The van der Waals surface area contributed by atoms with Gasteiger partial charge < -0.3 is 5.11 Å². The number of carboxylic acids is 1. The minimum Gasteiger partial charge on any atom is -0.480 e. The van der Waals surface area contributed by atoms with E-state index in [1.165, 1.54) is 0 Å². The van der Waals surface area contributed by atoms with Gasteiger partial charge in [0.15, 0.2) is 0 Å². The molecule has 0 saturated carbocycles. The molecule has 0 saturated heterocycles.